The van der Waals surface area contributed by atoms with Crippen LogP contribution >= 0.6 is 0 Å². The van der Waals surface area contributed by atoms with Crippen LogP contribution in [0.25, 0.3) is 0 Å². The van der Waals surface area contributed by atoms with E-state index in [0.717, 1.165) is 13.1 Å². The van der Waals surface area contributed by atoms with E-state index in [9.17, 15) is 0 Å². The van der Waals surface area contributed by atoms with E-state index < -0.39 is 0 Å². The predicted molar refractivity (Wildman–Crippen MR) is 54.8 cm³/mol. The Kier molecular flexibility index (Phi) is 3.96. The maximum Gasteiger partial charge on any atom is 0.0618 e. The van der Waals surface area contributed by atoms with Crippen LogP contribution in [0.2, 0.25) is 0 Å². The molecule has 1 atom stereocenters. The van der Waals surface area contributed by atoms with E-state index in [0.29, 0.717) is 6.04 Å². The molecule has 0 aliphatic rings. The number of nitrogens with one attached hydrogen (secondary N) is 1. The number of aryl methyl sites for hydroxylation is 1. The Balaban J connectivity index is 2.39. The maximum absolute atomic E-state index is 4.27. The Morgan fingerprint density at radius 3 is 2.92 bits per heavy atom. The van der Waals surface area contributed by atoms with Crippen molar-refractivity contribution in [2.75, 3.05) is 13.1 Å². The third-order valence-corrected chi connectivity index (χ3v) is 2.15. The summed E-state index contributed by atoms with van der Waals surface area (Å²) in [6.07, 6.45) is 3.04. The lowest BCUT2D eigenvalue weighted by Crippen LogP contribution is -2.25. The van der Waals surface area contributed by atoms with Gasteiger partial charge in [-0.3, -0.25) is 4.68 Å². The number of nitrogens with zero attached hydrogens (tertiary/aromatic N) is 2. The van der Waals surface area contributed by atoms with Crippen molar-refractivity contribution < 1.29 is 0 Å². The van der Waals surface area contributed by atoms with Gasteiger partial charge in [-0.25, -0.2) is 0 Å². The summed E-state index contributed by atoms with van der Waals surface area (Å²) in [5.74, 6) is 0. The van der Waals surface area contributed by atoms with Gasteiger partial charge in [0.1, 0.15) is 0 Å². The van der Waals surface area contributed by atoms with Gasteiger partial charge in [0, 0.05) is 18.4 Å². The third kappa shape index (κ3) is 2.84. The van der Waals surface area contributed by atoms with Crippen molar-refractivity contribution in [1.82, 2.24) is 15.1 Å². The summed E-state index contributed by atoms with van der Waals surface area (Å²) in [5.41, 5.74) is 1.23. The van der Waals surface area contributed by atoms with E-state index in [1.54, 1.807) is 0 Å². The second-order valence-electron chi connectivity index (χ2n) is 3.47. The molecule has 13 heavy (non-hydrogen) atoms. The molecular weight excluding hydrogens is 162 g/mol. The van der Waals surface area contributed by atoms with Crippen molar-refractivity contribution in [3.8, 4) is 0 Å². The first-order valence-electron chi connectivity index (χ1n) is 4.96. The van der Waals surface area contributed by atoms with Crippen molar-refractivity contribution in [2.24, 2.45) is 0 Å². The lowest BCUT2D eigenvalue weighted by molar-refractivity contribution is 0.446. The van der Waals surface area contributed by atoms with Crippen LogP contribution in [0.5, 0.6) is 0 Å². The largest absolute Gasteiger partial charge is 0.315 e. The second kappa shape index (κ2) is 5.02. The molecule has 1 N–H and O–H groups in total. The van der Waals surface area contributed by atoms with Gasteiger partial charge in [0.2, 0.25) is 0 Å². The number of hydrogen-bond acceptors (Lipinski definition) is 2. The summed E-state index contributed by atoms with van der Waals surface area (Å²) >= 11 is 0. The van der Waals surface area contributed by atoms with Gasteiger partial charge in [-0.05, 0) is 32.9 Å². The molecule has 0 aliphatic heterocycles. The zero-order valence-corrected chi connectivity index (χ0v) is 8.75. The highest BCUT2D eigenvalue weighted by atomic mass is 15.3. The van der Waals surface area contributed by atoms with Gasteiger partial charge in [0.05, 0.1) is 6.04 Å². The molecule has 0 aliphatic carbocycles. The number of rotatable bonds is 5. The first-order chi connectivity index (χ1) is 6.25. The molecule has 0 saturated carbocycles. The number of hydrogen-bond donors (Lipinski definition) is 1. The molecule has 1 rings (SSSR count). The predicted octanol–water partition coefficient (Wildman–Crippen LogP) is 1.75. The van der Waals surface area contributed by atoms with Gasteiger partial charge in [-0.15, -0.1) is 0 Å². The molecule has 0 bridgehead atoms. The average Bonchev–Trinajstić information content (AvgIpc) is 2.52. The topological polar surface area (TPSA) is 29.9 Å². The molecule has 0 radical (unpaired) electrons. The monoisotopic (exact) mass is 181 g/mol. The van der Waals surface area contributed by atoms with Crippen LogP contribution in [-0.4, -0.2) is 22.9 Å². The molecule has 3 nitrogen and oxygen atoms in total. The minimum Gasteiger partial charge on any atom is -0.315 e. The van der Waals surface area contributed by atoms with Crippen molar-refractivity contribution in [2.45, 2.75) is 33.2 Å². The number of aromatic nitrogens is 2. The van der Waals surface area contributed by atoms with Gasteiger partial charge >= 0.3 is 0 Å². The van der Waals surface area contributed by atoms with Crippen LogP contribution in [0.15, 0.2) is 12.3 Å². The molecule has 3 heteroatoms. The van der Waals surface area contributed by atoms with Gasteiger partial charge in [0.25, 0.3) is 0 Å². The normalized spacial score (nSPS) is 13.2. The van der Waals surface area contributed by atoms with E-state index in [4.69, 9.17) is 0 Å². The Morgan fingerprint density at radius 1 is 1.62 bits per heavy atom. The minimum absolute atomic E-state index is 0.446. The van der Waals surface area contributed by atoms with Crippen molar-refractivity contribution in [1.29, 1.82) is 0 Å². The molecule has 0 saturated heterocycles. The lowest BCUT2D eigenvalue weighted by Gasteiger charge is -2.14. The second-order valence-corrected chi connectivity index (χ2v) is 3.47. The molecule has 1 unspecified atom stereocenters. The van der Waals surface area contributed by atoms with Crippen LogP contribution < -0.4 is 5.32 Å². The van der Waals surface area contributed by atoms with Gasteiger partial charge in [-0.1, -0.05) is 6.92 Å². The van der Waals surface area contributed by atoms with Crippen LogP contribution in [-0.2, 0) is 0 Å². The van der Waals surface area contributed by atoms with E-state index >= 15 is 0 Å². The fourth-order valence-electron chi connectivity index (χ4n) is 1.42. The third-order valence-electron chi connectivity index (χ3n) is 2.15. The maximum atomic E-state index is 4.27. The Bertz CT molecular complexity index is 242. The average molecular weight is 181 g/mol. The smallest absolute Gasteiger partial charge is 0.0618 e. The molecule has 74 valence electrons. The fourth-order valence-corrected chi connectivity index (χ4v) is 1.42. The summed E-state index contributed by atoms with van der Waals surface area (Å²) in [6, 6.07) is 2.48. The van der Waals surface area contributed by atoms with Crippen LogP contribution in [0, 0.1) is 6.92 Å². The molecule has 0 spiro atoms. The SMILES string of the molecule is CCCNCC(C)n1nccc1C. The van der Waals surface area contributed by atoms with E-state index in [1.165, 1.54) is 12.1 Å². The summed E-state index contributed by atoms with van der Waals surface area (Å²) < 4.78 is 2.06. The summed E-state index contributed by atoms with van der Waals surface area (Å²) in [5, 5.41) is 7.66. The Hall–Kier alpha value is -0.830. The summed E-state index contributed by atoms with van der Waals surface area (Å²) in [7, 11) is 0. The van der Waals surface area contributed by atoms with Crippen LogP contribution in [0.1, 0.15) is 32.0 Å². The molecule has 0 amide bonds. The highest BCUT2D eigenvalue weighted by Gasteiger charge is 2.05. The quantitative estimate of drug-likeness (QED) is 0.701. The Labute approximate surface area is 80.1 Å². The summed E-state index contributed by atoms with van der Waals surface area (Å²) in [6.45, 7) is 8.53. The molecule has 0 fully saturated rings. The van der Waals surface area contributed by atoms with E-state index in [1.807, 2.05) is 12.3 Å². The fraction of sp³-hybridized carbons (Fsp3) is 0.700. The molecule has 1 aromatic heterocycles. The minimum atomic E-state index is 0.446. The summed E-state index contributed by atoms with van der Waals surface area (Å²) in [4.78, 5) is 0. The molecular formula is C10H19N3. The van der Waals surface area contributed by atoms with E-state index in [2.05, 4.69) is 35.9 Å². The first kappa shape index (κ1) is 10.3. The van der Waals surface area contributed by atoms with Crippen LogP contribution in [0.3, 0.4) is 0 Å². The van der Waals surface area contributed by atoms with Crippen molar-refractivity contribution >= 4 is 0 Å². The zero-order chi connectivity index (χ0) is 9.68. The van der Waals surface area contributed by atoms with Gasteiger partial charge in [-0.2, -0.15) is 5.10 Å². The van der Waals surface area contributed by atoms with Gasteiger partial charge in [0.15, 0.2) is 0 Å². The van der Waals surface area contributed by atoms with Crippen molar-refractivity contribution in [3.05, 3.63) is 18.0 Å². The molecule has 1 aromatic rings. The van der Waals surface area contributed by atoms with E-state index in [-0.39, 0.29) is 0 Å². The van der Waals surface area contributed by atoms with Crippen LogP contribution in [0.4, 0.5) is 0 Å². The Morgan fingerprint density at radius 2 is 2.38 bits per heavy atom. The zero-order valence-electron chi connectivity index (χ0n) is 8.75. The highest BCUT2D eigenvalue weighted by Crippen LogP contribution is 2.06. The first-order valence-corrected chi connectivity index (χ1v) is 4.96. The lowest BCUT2D eigenvalue weighted by atomic mass is 10.3. The molecule has 1 heterocycles. The highest BCUT2D eigenvalue weighted by molar-refractivity contribution is 4.98. The molecule has 0 aromatic carbocycles. The standard InChI is InChI=1S/C10H19N3/c1-4-6-11-8-10(3)13-9(2)5-7-12-13/h5,7,10-11H,4,6,8H2,1-3H3. The van der Waals surface area contributed by atoms with Crippen molar-refractivity contribution in [3.63, 3.8) is 0 Å². The van der Waals surface area contributed by atoms with Gasteiger partial charge < -0.3 is 5.32 Å².